The highest BCUT2D eigenvalue weighted by atomic mass is 19.4. The molecular weight excluding hydrogens is 624 g/mol. The number of ether oxygens (including phenoxy) is 2. The number of pyridine rings is 1. The van der Waals surface area contributed by atoms with Crippen molar-refractivity contribution in [2.45, 2.75) is 65.0 Å². The molecule has 0 aliphatic carbocycles. The van der Waals surface area contributed by atoms with E-state index in [0.29, 0.717) is 16.2 Å². The summed E-state index contributed by atoms with van der Waals surface area (Å²) in [5.41, 5.74) is -0.503. The number of carbonyl (C=O) groups is 2. The van der Waals surface area contributed by atoms with Crippen LogP contribution in [0.15, 0.2) is 67.4 Å². The first kappa shape index (κ1) is 33.0. The molecule has 0 aliphatic rings. The van der Waals surface area contributed by atoms with Crippen molar-refractivity contribution >= 4 is 23.8 Å². The average Bonchev–Trinajstić information content (AvgIpc) is 3.59. The zero-order chi connectivity index (χ0) is 34.3. The second-order valence-electron chi connectivity index (χ2n) is 12.4. The zero-order valence-electron chi connectivity index (χ0n) is 26.2. The Morgan fingerprint density at radius 3 is 2.00 bits per heavy atom. The maximum absolute atomic E-state index is 14.1. The monoisotopic (exact) mass is 654 g/mol. The molecule has 16 heteroatoms. The fraction of sp³-hybridized carbons (Fsp3) is 0.323. The number of hydrogen-bond acceptors (Lipinski definition) is 9. The molecule has 0 aliphatic heterocycles. The summed E-state index contributed by atoms with van der Waals surface area (Å²) < 4.78 is 68.4. The first-order valence-electron chi connectivity index (χ1n) is 14.2. The number of fused-ring (bicyclic) bond motifs is 1. The maximum Gasteiger partial charge on any atom is 0.427 e. The van der Waals surface area contributed by atoms with E-state index in [2.05, 4.69) is 25.1 Å². The van der Waals surface area contributed by atoms with Crippen molar-refractivity contribution < 1.29 is 36.6 Å². The lowest BCUT2D eigenvalue weighted by atomic mass is 10.1. The van der Waals surface area contributed by atoms with Gasteiger partial charge in [-0.3, -0.25) is 9.67 Å². The van der Waals surface area contributed by atoms with E-state index in [0.717, 1.165) is 28.9 Å². The number of benzene rings is 1. The lowest BCUT2D eigenvalue weighted by Crippen LogP contribution is -2.44. The van der Waals surface area contributed by atoms with E-state index in [1.807, 2.05) is 0 Å². The number of rotatable bonds is 5. The van der Waals surface area contributed by atoms with E-state index in [9.17, 15) is 27.2 Å². The highest BCUT2D eigenvalue weighted by Crippen LogP contribution is 2.36. The van der Waals surface area contributed by atoms with Crippen molar-refractivity contribution in [1.29, 1.82) is 0 Å². The third-order valence-electron chi connectivity index (χ3n) is 6.27. The van der Waals surface area contributed by atoms with E-state index in [1.165, 1.54) is 35.5 Å². The number of alkyl halides is 3. The first-order valence-corrected chi connectivity index (χ1v) is 14.2. The summed E-state index contributed by atoms with van der Waals surface area (Å²) >= 11 is 0. The van der Waals surface area contributed by atoms with Crippen LogP contribution in [0.1, 0.15) is 53.1 Å². The highest BCUT2D eigenvalue weighted by Gasteiger charge is 2.43. The van der Waals surface area contributed by atoms with Crippen LogP contribution in [0, 0.1) is 5.82 Å². The van der Waals surface area contributed by atoms with Crippen LogP contribution in [0.2, 0.25) is 0 Å². The molecule has 12 nitrogen and oxygen atoms in total. The molecule has 0 bridgehead atoms. The van der Waals surface area contributed by atoms with Gasteiger partial charge in [-0.25, -0.2) is 23.5 Å². The smallest absolute Gasteiger partial charge is 0.427 e. The SMILES string of the molecule is CC(C)(C)OC(=O)N(C(=O)OC(C)(C)C)c1nc2cc(-c3cncc(-c4cnn([C@H](c5ccc(F)cc5)C(F)(F)F)c4)n3)ccn2n1. The molecule has 5 rings (SSSR count). The van der Waals surface area contributed by atoms with E-state index in [4.69, 9.17) is 9.47 Å². The van der Waals surface area contributed by atoms with E-state index in [1.54, 1.807) is 53.7 Å². The fourth-order valence-corrected chi connectivity index (χ4v) is 4.37. The molecule has 0 saturated heterocycles. The Hall–Kier alpha value is -5.41. The summed E-state index contributed by atoms with van der Waals surface area (Å²) in [6, 6.07) is 5.07. The molecule has 0 fully saturated rings. The molecule has 0 spiro atoms. The van der Waals surface area contributed by atoms with Crippen LogP contribution in [-0.2, 0) is 9.47 Å². The molecule has 0 unspecified atom stereocenters. The summed E-state index contributed by atoms with van der Waals surface area (Å²) in [4.78, 5) is 39.8. The van der Waals surface area contributed by atoms with Crippen molar-refractivity contribution in [3.05, 3.63) is 78.8 Å². The second-order valence-corrected chi connectivity index (χ2v) is 12.4. The Morgan fingerprint density at radius 2 is 1.43 bits per heavy atom. The predicted molar refractivity (Wildman–Crippen MR) is 161 cm³/mol. The molecule has 2 amide bonds. The van der Waals surface area contributed by atoms with Crippen molar-refractivity contribution in [2.75, 3.05) is 4.90 Å². The van der Waals surface area contributed by atoms with Crippen molar-refractivity contribution in [3.8, 4) is 22.5 Å². The summed E-state index contributed by atoms with van der Waals surface area (Å²) in [5, 5.41) is 8.18. The van der Waals surface area contributed by atoms with Crippen molar-refractivity contribution in [3.63, 3.8) is 0 Å². The molecule has 1 aromatic carbocycles. The minimum absolute atomic E-state index is 0.189. The zero-order valence-corrected chi connectivity index (χ0v) is 26.2. The molecule has 47 heavy (non-hydrogen) atoms. The largest absolute Gasteiger partial charge is 0.443 e. The Labute approximate surface area is 266 Å². The molecule has 5 aromatic rings. The van der Waals surface area contributed by atoms with Gasteiger partial charge < -0.3 is 9.47 Å². The van der Waals surface area contributed by atoms with E-state index < -0.39 is 41.4 Å². The van der Waals surface area contributed by atoms with Gasteiger partial charge >= 0.3 is 18.4 Å². The van der Waals surface area contributed by atoms with Crippen LogP contribution in [0.25, 0.3) is 28.2 Å². The van der Waals surface area contributed by atoms with Crippen molar-refractivity contribution in [2.24, 2.45) is 0 Å². The summed E-state index contributed by atoms with van der Waals surface area (Å²) in [6.07, 6.45) is -0.0308. The molecule has 0 saturated carbocycles. The van der Waals surface area contributed by atoms with Crippen LogP contribution >= 0.6 is 0 Å². The summed E-state index contributed by atoms with van der Waals surface area (Å²) in [6.45, 7) is 9.84. The Kier molecular flexibility index (Phi) is 8.47. The van der Waals surface area contributed by atoms with Gasteiger partial charge in [-0.15, -0.1) is 10.00 Å². The first-order chi connectivity index (χ1) is 21.9. The van der Waals surface area contributed by atoms with E-state index >= 15 is 0 Å². The summed E-state index contributed by atoms with van der Waals surface area (Å²) in [5.74, 6) is -0.954. The van der Waals surface area contributed by atoms with E-state index in [-0.39, 0.29) is 28.4 Å². The number of imide groups is 1. The lowest BCUT2D eigenvalue weighted by molar-refractivity contribution is -0.159. The molecule has 4 aromatic heterocycles. The number of nitrogens with zero attached hydrogens (tertiary/aromatic N) is 8. The maximum atomic E-state index is 14.1. The van der Waals surface area contributed by atoms with Crippen LogP contribution in [0.3, 0.4) is 0 Å². The molecular formula is C31H30F4N8O4. The number of carbonyl (C=O) groups excluding carboxylic acids is 2. The second kappa shape index (κ2) is 12.1. The Bertz CT molecular complexity index is 1900. The number of anilines is 1. The van der Waals surface area contributed by atoms with Crippen LogP contribution in [0.5, 0.6) is 0 Å². The van der Waals surface area contributed by atoms with Crippen LogP contribution < -0.4 is 4.90 Å². The minimum atomic E-state index is -4.72. The molecule has 4 heterocycles. The third kappa shape index (κ3) is 7.70. The van der Waals surface area contributed by atoms with Gasteiger partial charge in [-0.05, 0) is 71.4 Å². The average molecular weight is 655 g/mol. The van der Waals surface area contributed by atoms with Gasteiger partial charge in [0, 0.05) is 23.5 Å². The number of hydrogen-bond donors (Lipinski definition) is 0. The lowest BCUT2D eigenvalue weighted by Gasteiger charge is -2.26. The molecule has 0 radical (unpaired) electrons. The normalized spacial score (nSPS) is 13.0. The highest BCUT2D eigenvalue weighted by molar-refractivity contribution is 6.08. The standard InChI is InChI=1S/C31H30F4N8O4/c1-29(2,3)46-27(44)43(28(45)47-30(4,5)6)26-39-24-13-19(11-12-41(24)40-26)22-15-36-16-23(38-22)20-14-37-42(17-20)25(31(33,34)35)18-7-9-21(32)10-8-18/h7-17,25H,1-6H3/t25-/m1/s1. The van der Waals surface area contributed by atoms with Gasteiger partial charge in [0.1, 0.15) is 17.0 Å². The number of amides is 2. The van der Waals surface area contributed by atoms with Crippen LogP contribution in [0.4, 0.5) is 33.1 Å². The number of aromatic nitrogens is 7. The Balaban J connectivity index is 1.46. The van der Waals surface area contributed by atoms with Gasteiger partial charge in [0.2, 0.25) is 0 Å². The van der Waals surface area contributed by atoms with Gasteiger partial charge in [-0.2, -0.15) is 23.3 Å². The fourth-order valence-electron chi connectivity index (χ4n) is 4.37. The summed E-state index contributed by atoms with van der Waals surface area (Å²) in [7, 11) is 0. The van der Waals surface area contributed by atoms with Gasteiger partial charge in [0.25, 0.3) is 5.95 Å². The van der Waals surface area contributed by atoms with Gasteiger partial charge in [0.15, 0.2) is 11.7 Å². The molecule has 1 atom stereocenters. The van der Waals surface area contributed by atoms with Crippen molar-refractivity contribution in [1.82, 2.24) is 34.3 Å². The molecule has 0 N–H and O–H groups in total. The van der Waals surface area contributed by atoms with Gasteiger partial charge in [-0.1, -0.05) is 12.1 Å². The van der Waals surface area contributed by atoms with Gasteiger partial charge in [0.05, 0.1) is 30.0 Å². The number of halogens is 4. The third-order valence-corrected chi connectivity index (χ3v) is 6.27. The predicted octanol–water partition coefficient (Wildman–Crippen LogP) is 7.02. The quantitative estimate of drug-likeness (QED) is 0.184. The van der Waals surface area contributed by atoms with Crippen LogP contribution in [-0.4, -0.2) is 63.9 Å². The topological polar surface area (TPSA) is 130 Å². The minimum Gasteiger partial charge on any atom is -0.443 e. The molecule has 246 valence electrons. The Morgan fingerprint density at radius 1 is 0.830 bits per heavy atom.